The lowest BCUT2D eigenvalue weighted by Crippen LogP contribution is -2.30. The minimum absolute atomic E-state index is 0.952. The zero-order chi connectivity index (χ0) is 10.8. The molecule has 1 radical (unpaired) electrons. The van der Waals surface area contributed by atoms with E-state index in [1.165, 1.54) is 0 Å². The summed E-state index contributed by atoms with van der Waals surface area (Å²) in [5.41, 5.74) is 1.05. The van der Waals surface area contributed by atoms with Gasteiger partial charge in [0.15, 0.2) is 0 Å². The van der Waals surface area contributed by atoms with E-state index < -0.39 is 0 Å². The number of likely N-dealkylation sites (N-methyl/N-ethyl adjacent to an activating group) is 2. The van der Waals surface area contributed by atoms with Gasteiger partial charge >= 0.3 is 0 Å². The topological polar surface area (TPSA) is 27.6 Å². The van der Waals surface area contributed by atoms with Gasteiger partial charge in [-0.25, -0.2) is 0 Å². The van der Waals surface area contributed by atoms with E-state index in [0.717, 1.165) is 25.3 Å². The van der Waals surface area contributed by atoms with Crippen molar-refractivity contribution in [1.29, 1.82) is 0 Å². The van der Waals surface area contributed by atoms with Crippen molar-refractivity contribution >= 4 is 6.21 Å². The Kier molecular flexibility index (Phi) is 7.84. The minimum Gasteiger partial charge on any atom is -0.369 e. The fraction of sp³-hybridized carbons (Fsp3) is 0.455. The molecule has 0 fully saturated rings. The first-order valence-electron chi connectivity index (χ1n) is 4.81. The quantitative estimate of drug-likeness (QED) is 0.491. The van der Waals surface area contributed by atoms with Gasteiger partial charge in [0.1, 0.15) is 0 Å². The third-order valence-corrected chi connectivity index (χ3v) is 1.89. The molecule has 0 aliphatic heterocycles. The Balaban J connectivity index is 4.41. The molecule has 0 aliphatic carbocycles. The van der Waals surface area contributed by atoms with Crippen LogP contribution in [0.3, 0.4) is 0 Å². The first kappa shape index (κ1) is 12.9. The van der Waals surface area contributed by atoms with Crippen LogP contribution in [0.4, 0.5) is 0 Å². The van der Waals surface area contributed by atoms with Crippen molar-refractivity contribution in [3.8, 4) is 0 Å². The highest BCUT2D eigenvalue weighted by molar-refractivity contribution is 5.78. The summed E-state index contributed by atoms with van der Waals surface area (Å²) in [6.07, 6.45) is 5.45. The van der Waals surface area contributed by atoms with Crippen molar-refractivity contribution in [2.75, 3.05) is 26.7 Å². The molecule has 0 aliphatic rings. The van der Waals surface area contributed by atoms with E-state index >= 15 is 0 Å². The Morgan fingerprint density at radius 3 is 2.71 bits per heavy atom. The van der Waals surface area contributed by atoms with Crippen LogP contribution in [0.5, 0.6) is 0 Å². The maximum absolute atomic E-state index is 3.78. The van der Waals surface area contributed by atoms with E-state index in [2.05, 4.69) is 35.8 Å². The predicted octanol–water partition coefficient (Wildman–Crippen LogP) is 1.46. The van der Waals surface area contributed by atoms with Crippen LogP contribution in [0.2, 0.25) is 0 Å². The van der Waals surface area contributed by atoms with Crippen molar-refractivity contribution in [3.05, 3.63) is 31.5 Å². The van der Waals surface area contributed by atoms with Crippen LogP contribution >= 0.6 is 0 Å². The molecule has 0 aromatic heterocycles. The van der Waals surface area contributed by atoms with Gasteiger partial charge in [0, 0.05) is 25.8 Å². The molecule has 3 heteroatoms. The second-order valence-electron chi connectivity index (χ2n) is 2.82. The zero-order valence-corrected chi connectivity index (χ0v) is 9.16. The fourth-order valence-electron chi connectivity index (χ4n) is 1.16. The molecule has 79 valence electrons. The standard InChI is InChI=1S/C11H20N3/c1-5-7-11(10-13-4)14(6-2)9-8-12-3/h5,7,10,12H,1,4,6,8-9H2,2-3H3/b11-7+,13-10?. The zero-order valence-electron chi connectivity index (χ0n) is 9.16. The number of rotatable bonds is 7. The van der Waals surface area contributed by atoms with Gasteiger partial charge in [-0.2, -0.15) is 0 Å². The molecule has 0 unspecified atom stereocenters. The molecule has 1 N–H and O–H groups in total. The first-order chi connectivity index (χ1) is 6.79. The molecule has 0 bridgehead atoms. The molecular weight excluding hydrogens is 174 g/mol. The van der Waals surface area contributed by atoms with Gasteiger partial charge < -0.3 is 10.2 Å². The molecule has 0 amide bonds. The molecular formula is C11H20N3. The van der Waals surface area contributed by atoms with E-state index in [-0.39, 0.29) is 0 Å². The number of nitrogens with one attached hydrogen (secondary N) is 1. The molecule has 0 atom stereocenters. The maximum Gasteiger partial charge on any atom is 0.0586 e. The molecule has 0 aromatic carbocycles. The average molecular weight is 194 g/mol. The first-order valence-corrected chi connectivity index (χ1v) is 4.81. The Morgan fingerprint density at radius 2 is 2.29 bits per heavy atom. The number of aliphatic imine (C=N–C) groups is 1. The lowest BCUT2D eigenvalue weighted by atomic mass is 10.3. The molecule has 0 spiro atoms. The van der Waals surface area contributed by atoms with Gasteiger partial charge in [0.2, 0.25) is 0 Å². The highest BCUT2D eigenvalue weighted by Crippen LogP contribution is 2.01. The number of hydrogen-bond acceptors (Lipinski definition) is 3. The second kappa shape index (κ2) is 8.51. The SMILES string of the molecule is [CH2]N=C/C(=C\C=C)N(CC)CCNC. The van der Waals surface area contributed by atoms with Crippen LogP contribution < -0.4 is 5.32 Å². The Bertz CT molecular complexity index is 207. The summed E-state index contributed by atoms with van der Waals surface area (Å²) in [5, 5.41) is 3.12. The Morgan fingerprint density at radius 1 is 1.57 bits per heavy atom. The van der Waals surface area contributed by atoms with Crippen LogP contribution in [0.15, 0.2) is 29.4 Å². The van der Waals surface area contributed by atoms with Gasteiger partial charge in [0.05, 0.1) is 12.7 Å². The third-order valence-electron chi connectivity index (χ3n) is 1.89. The Hall–Kier alpha value is -1.09. The molecule has 14 heavy (non-hydrogen) atoms. The molecule has 0 heterocycles. The van der Waals surface area contributed by atoms with Gasteiger partial charge in [0.25, 0.3) is 0 Å². The average Bonchev–Trinajstić information content (AvgIpc) is 2.19. The van der Waals surface area contributed by atoms with Gasteiger partial charge in [-0.05, 0) is 20.0 Å². The number of hydrogen-bond donors (Lipinski definition) is 1. The smallest absolute Gasteiger partial charge is 0.0586 e. The van der Waals surface area contributed by atoms with E-state index in [1.54, 1.807) is 12.3 Å². The summed E-state index contributed by atoms with van der Waals surface area (Å²) in [6.45, 7) is 8.65. The highest BCUT2D eigenvalue weighted by Gasteiger charge is 2.02. The summed E-state index contributed by atoms with van der Waals surface area (Å²) in [5.74, 6) is 0. The number of nitrogens with zero attached hydrogens (tertiary/aromatic N) is 2. The second-order valence-corrected chi connectivity index (χ2v) is 2.82. The molecule has 3 nitrogen and oxygen atoms in total. The van der Waals surface area contributed by atoms with Crippen molar-refractivity contribution in [2.45, 2.75) is 6.92 Å². The van der Waals surface area contributed by atoms with E-state index in [9.17, 15) is 0 Å². The van der Waals surface area contributed by atoms with E-state index in [0.29, 0.717) is 0 Å². The maximum atomic E-state index is 3.78. The lowest BCUT2D eigenvalue weighted by molar-refractivity contribution is 0.381. The van der Waals surface area contributed by atoms with E-state index in [1.807, 2.05) is 13.1 Å². The van der Waals surface area contributed by atoms with Crippen molar-refractivity contribution in [2.24, 2.45) is 4.99 Å². The van der Waals surface area contributed by atoms with Crippen LogP contribution in [-0.4, -0.2) is 37.8 Å². The van der Waals surface area contributed by atoms with Crippen LogP contribution in [0.25, 0.3) is 0 Å². The predicted molar refractivity (Wildman–Crippen MR) is 63.3 cm³/mol. The third kappa shape index (κ3) is 4.82. The highest BCUT2D eigenvalue weighted by atomic mass is 15.1. The minimum atomic E-state index is 0.952. The molecule has 0 aromatic rings. The van der Waals surface area contributed by atoms with Crippen LogP contribution in [0.1, 0.15) is 6.92 Å². The molecule has 0 saturated carbocycles. The summed E-state index contributed by atoms with van der Waals surface area (Å²) in [4.78, 5) is 5.99. The Labute approximate surface area is 87.2 Å². The monoisotopic (exact) mass is 194 g/mol. The van der Waals surface area contributed by atoms with Gasteiger partial charge in [-0.1, -0.05) is 12.7 Å². The summed E-state index contributed by atoms with van der Waals surface area (Å²) in [7, 11) is 5.40. The normalized spacial score (nSPS) is 12.1. The van der Waals surface area contributed by atoms with Crippen molar-refractivity contribution < 1.29 is 0 Å². The van der Waals surface area contributed by atoms with Gasteiger partial charge in [-0.15, -0.1) is 0 Å². The lowest BCUT2D eigenvalue weighted by Gasteiger charge is -2.23. The largest absolute Gasteiger partial charge is 0.369 e. The van der Waals surface area contributed by atoms with Crippen molar-refractivity contribution in [3.63, 3.8) is 0 Å². The summed E-state index contributed by atoms with van der Waals surface area (Å²) < 4.78 is 0. The van der Waals surface area contributed by atoms with Crippen LogP contribution in [-0.2, 0) is 0 Å². The van der Waals surface area contributed by atoms with Gasteiger partial charge in [-0.3, -0.25) is 4.99 Å². The number of allylic oxidation sites excluding steroid dienone is 3. The summed E-state index contributed by atoms with van der Waals surface area (Å²) in [6, 6.07) is 0. The van der Waals surface area contributed by atoms with E-state index in [4.69, 9.17) is 0 Å². The molecule has 0 saturated heterocycles. The molecule has 0 rings (SSSR count). The fourth-order valence-corrected chi connectivity index (χ4v) is 1.16. The van der Waals surface area contributed by atoms with Crippen molar-refractivity contribution in [1.82, 2.24) is 10.2 Å². The van der Waals surface area contributed by atoms with Crippen LogP contribution in [0, 0.1) is 7.05 Å². The summed E-state index contributed by atoms with van der Waals surface area (Å²) >= 11 is 0.